The fourth-order valence-corrected chi connectivity index (χ4v) is 1.88. The van der Waals surface area contributed by atoms with Crippen LogP contribution in [0.1, 0.15) is 32.3 Å². The number of carbonyl (C=O) groups excluding carboxylic acids is 3. The second kappa shape index (κ2) is 9.45. The van der Waals surface area contributed by atoms with E-state index in [1.165, 1.54) is 6.92 Å². The minimum atomic E-state index is -0.836. The van der Waals surface area contributed by atoms with Crippen LogP contribution in [-0.2, 0) is 20.9 Å². The molecule has 0 unspecified atom stereocenters. The molecule has 0 radical (unpaired) electrons. The highest BCUT2D eigenvalue weighted by Crippen LogP contribution is 2.01. The van der Waals surface area contributed by atoms with Crippen LogP contribution < -0.4 is 16.4 Å². The summed E-state index contributed by atoms with van der Waals surface area (Å²) in [5.41, 5.74) is 6.06. The summed E-state index contributed by atoms with van der Waals surface area (Å²) in [5, 5.41) is 4.92. The molecule has 0 saturated heterocycles. The molecule has 4 N–H and O–H groups in total. The highest BCUT2D eigenvalue weighted by molar-refractivity contribution is 5.90. The maximum absolute atomic E-state index is 12.0. The molecular formula is C16H23N3O4. The normalized spacial score (nSPS) is 12.8. The summed E-state index contributed by atoms with van der Waals surface area (Å²) in [6.07, 6.45) is 0.448. The van der Waals surface area contributed by atoms with Crippen LogP contribution in [0.3, 0.4) is 0 Å². The van der Waals surface area contributed by atoms with Crippen molar-refractivity contribution in [2.45, 2.75) is 45.4 Å². The number of ether oxygens (including phenoxy) is 1. The third-order valence-corrected chi connectivity index (χ3v) is 3.18. The van der Waals surface area contributed by atoms with E-state index in [1.807, 2.05) is 37.3 Å². The van der Waals surface area contributed by atoms with E-state index in [2.05, 4.69) is 10.6 Å². The first-order chi connectivity index (χ1) is 10.9. The first-order valence-electron chi connectivity index (χ1n) is 7.51. The van der Waals surface area contributed by atoms with Crippen LogP contribution in [0.5, 0.6) is 0 Å². The number of primary amides is 1. The standard InChI is InChI=1S/C16H23N3O4/c1-3-7-13(14(17)20)19-15(21)11(2)18-16(22)23-10-12-8-5-4-6-9-12/h4-6,8-9,11,13H,3,7,10H2,1-2H3,(H2,17,20)(H,18,22)(H,19,21)/t11-,13-/m0/s1. The van der Waals surface area contributed by atoms with Gasteiger partial charge in [-0.15, -0.1) is 0 Å². The second-order valence-electron chi connectivity index (χ2n) is 5.18. The Labute approximate surface area is 135 Å². The lowest BCUT2D eigenvalue weighted by Gasteiger charge is -2.18. The largest absolute Gasteiger partial charge is 0.445 e. The summed E-state index contributed by atoms with van der Waals surface area (Å²) >= 11 is 0. The summed E-state index contributed by atoms with van der Waals surface area (Å²) in [6, 6.07) is 7.61. The predicted octanol–water partition coefficient (Wildman–Crippen LogP) is 1.07. The number of carbonyl (C=O) groups is 3. The molecule has 7 heteroatoms. The molecule has 1 aromatic rings. The molecule has 0 aliphatic heterocycles. The minimum absolute atomic E-state index is 0.112. The number of benzene rings is 1. The Balaban J connectivity index is 2.41. The van der Waals surface area contributed by atoms with Crippen molar-refractivity contribution >= 4 is 17.9 Å². The third-order valence-electron chi connectivity index (χ3n) is 3.18. The number of nitrogens with one attached hydrogen (secondary N) is 2. The van der Waals surface area contributed by atoms with Crippen molar-refractivity contribution in [3.63, 3.8) is 0 Å². The van der Waals surface area contributed by atoms with Crippen LogP contribution in [0.25, 0.3) is 0 Å². The summed E-state index contributed by atoms with van der Waals surface area (Å²) in [7, 11) is 0. The Hall–Kier alpha value is -2.57. The molecule has 0 bridgehead atoms. The van der Waals surface area contributed by atoms with Gasteiger partial charge in [-0.25, -0.2) is 4.79 Å². The highest BCUT2D eigenvalue weighted by Gasteiger charge is 2.22. The van der Waals surface area contributed by atoms with Crippen LogP contribution in [0.4, 0.5) is 4.79 Å². The Morgan fingerprint density at radius 2 is 1.83 bits per heavy atom. The zero-order chi connectivity index (χ0) is 17.2. The van der Waals surface area contributed by atoms with Gasteiger partial charge in [-0.3, -0.25) is 9.59 Å². The number of nitrogens with two attached hydrogens (primary N) is 1. The smallest absolute Gasteiger partial charge is 0.408 e. The maximum Gasteiger partial charge on any atom is 0.408 e. The van der Waals surface area contributed by atoms with Crippen LogP contribution in [0.2, 0.25) is 0 Å². The summed E-state index contributed by atoms with van der Waals surface area (Å²) in [6.45, 7) is 3.49. The van der Waals surface area contributed by atoms with Crippen molar-refractivity contribution in [2.24, 2.45) is 5.73 Å². The number of amides is 3. The van der Waals surface area contributed by atoms with Crippen molar-refractivity contribution in [3.8, 4) is 0 Å². The van der Waals surface area contributed by atoms with Crippen LogP contribution in [0.15, 0.2) is 30.3 Å². The molecule has 1 aromatic carbocycles. The molecule has 0 aromatic heterocycles. The van der Waals surface area contributed by atoms with Crippen LogP contribution in [0, 0.1) is 0 Å². The van der Waals surface area contributed by atoms with Gasteiger partial charge in [0, 0.05) is 0 Å². The fraction of sp³-hybridized carbons (Fsp3) is 0.438. The van der Waals surface area contributed by atoms with Gasteiger partial charge in [0.25, 0.3) is 0 Å². The molecule has 23 heavy (non-hydrogen) atoms. The van der Waals surface area contributed by atoms with E-state index in [0.717, 1.165) is 5.56 Å². The van der Waals surface area contributed by atoms with E-state index in [0.29, 0.717) is 12.8 Å². The lowest BCUT2D eigenvalue weighted by Crippen LogP contribution is -2.51. The average molecular weight is 321 g/mol. The topological polar surface area (TPSA) is 111 Å². The molecule has 126 valence electrons. The van der Waals surface area contributed by atoms with Gasteiger partial charge in [0.1, 0.15) is 18.7 Å². The van der Waals surface area contributed by atoms with Crippen molar-refractivity contribution in [3.05, 3.63) is 35.9 Å². The molecule has 0 aliphatic carbocycles. The first-order valence-corrected chi connectivity index (χ1v) is 7.51. The number of alkyl carbamates (subject to hydrolysis) is 1. The minimum Gasteiger partial charge on any atom is -0.445 e. The summed E-state index contributed by atoms with van der Waals surface area (Å²) in [5.74, 6) is -1.09. The van der Waals surface area contributed by atoms with E-state index in [9.17, 15) is 14.4 Å². The highest BCUT2D eigenvalue weighted by atomic mass is 16.5. The Morgan fingerprint density at radius 1 is 1.17 bits per heavy atom. The number of hydrogen-bond acceptors (Lipinski definition) is 4. The van der Waals surface area contributed by atoms with E-state index >= 15 is 0 Å². The Kier molecular flexibility index (Phi) is 7.59. The summed E-state index contributed by atoms with van der Waals surface area (Å²) in [4.78, 5) is 34.8. The fourth-order valence-electron chi connectivity index (χ4n) is 1.88. The molecule has 0 spiro atoms. The number of rotatable bonds is 8. The van der Waals surface area contributed by atoms with Gasteiger partial charge in [-0.2, -0.15) is 0 Å². The lowest BCUT2D eigenvalue weighted by molar-refractivity contribution is -0.128. The van der Waals surface area contributed by atoms with Gasteiger partial charge in [0.2, 0.25) is 11.8 Å². The maximum atomic E-state index is 12.0. The lowest BCUT2D eigenvalue weighted by atomic mass is 10.1. The van der Waals surface area contributed by atoms with E-state index < -0.39 is 30.0 Å². The van der Waals surface area contributed by atoms with Gasteiger partial charge in [-0.1, -0.05) is 43.7 Å². The predicted molar refractivity (Wildman–Crippen MR) is 85.3 cm³/mol. The molecular weight excluding hydrogens is 298 g/mol. The zero-order valence-corrected chi connectivity index (χ0v) is 13.4. The van der Waals surface area contributed by atoms with Crippen molar-refractivity contribution in [2.75, 3.05) is 0 Å². The van der Waals surface area contributed by atoms with E-state index in [1.54, 1.807) is 0 Å². The van der Waals surface area contributed by atoms with Gasteiger partial charge >= 0.3 is 6.09 Å². The van der Waals surface area contributed by atoms with Crippen LogP contribution >= 0.6 is 0 Å². The molecule has 0 fully saturated rings. The zero-order valence-electron chi connectivity index (χ0n) is 13.4. The molecule has 0 heterocycles. The SMILES string of the molecule is CCC[C@H](NC(=O)[C@H](C)NC(=O)OCc1ccccc1)C(N)=O. The molecule has 3 amide bonds. The monoisotopic (exact) mass is 321 g/mol. The molecule has 2 atom stereocenters. The average Bonchev–Trinajstić information content (AvgIpc) is 2.53. The van der Waals surface area contributed by atoms with Crippen LogP contribution in [-0.4, -0.2) is 30.0 Å². The molecule has 0 aliphatic rings. The van der Waals surface area contributed by atoms with Gasteiger partial charge in [0.15, 0.2) is 0 Å². The van der Waals surface area contributed by atoms with Crippen molar-refractivity contribution < 1.29 is 19.1 Å². The van der Waals surface area contributed by atoms with E-state index in [4.69, 9.17) is 10.5 Å². The van der Waals surface area contributed by atoms with Crippen molar-refractivity contribution in [1.29, 1.82) is 0 Å². The molecule has 7 nitrogen and oxygen atoms in total. The number of hydrogen-bond donors (Lipinski definition) is 3. The van der Waals surface area contributed by atoms with Gasteiger partial charge in [0.05, 0.1) is 0 Å². The molecule has 1 rings (SSSR count). The molecule has 0 saturated carbocycles. The van der Waals surface area contributed by atoms with Crippen molar-refractivity contribution in [1.82, 2.24) is 10.6 Å². The van der Waals surface area contributed by atoms with Gasteiger partial charge < -0.3 is 21.1 Å². The quantitative estimate of drug-likeness (QED) is 0.665. The summed E-state index contributed by atoms with van der Waals surface area (Å²) < 4.78 is 5.03. The first kappa shape index (κ1) is 18.5. The Morgan fingerprint density at radius 3 is 2.39 bits per heavy atom. The van der Waals surface area contributed by atoms with Gasteiger partial charge in [-0.05, 0) is 18.9 Å². The second-order valence-corrected chi connectivity index (χ2v) is 5.18. The third kappa shape index (κ3) is 6.82. The Bertz CT molecular complexity index is 533. The van der Waals surface area contributed by atoms with E-state index in [-0.39, 0.29) is 6.61 Å².